The molecule has 11 nitrogen and oxygen atoms in total. The van der Waals surface area contributed by atoms with Crippen LogP contribution in [0.3, 0.4) is 0 Å². The highest BCUT2D eigenvalue weighted by atomic mass is 35.5. The monoisotopic (exact) mass is 629 g/mol. The van der Waals surface area contributed by atoms with Crippen molar-refractivity contribution in [1.82, 2.24) is 4.90 Å². The molecule has 2 saturated carbocycles. The van der Waals surface area contributed by atoms with E-state index < -0.39 is 82.2 Å². The van der Waals surface area contributed by atoms with E-state index >= 15 is 0 Å². The first-order valence-electron chi connectivity index (χ1n) is 15.0. The van der Waals surface area contributed by atoms with Crippen LogP contribution >= 0.6 is 12.4 Å². The Balaban J connectivity index is 0.00000506. The molecule has 0 aromatic carbocycles. The van der Waals surface area contributed by atoms with Crippen LogP contribution in [0.25, 0.3) is 0 Å². The van der Waals surface area contributed by atoms with Crippen LogP contribution in [0.15, 0.2) is 12.7 Å². The highest BCUT2D eigenvalue weighted by Crippen LogP contribution is 2.67. The fraction of sp³-hybridized carbons (Fsp3) is 0.806. The minimum absolute atomic E-state index is 0. The number of halogens is 1. The quantitative estimate of drug-likeness (QED) is 0.243. The summed E-state index contributed by atoms with van der Waals surface area (Å²) in [4.78, 5) is 54.3. The van der Waals surface area contributed by atoms with Crippen molar-refractivity contribution in [2.45, 2.75) is 115 Å². The van der Waals surface area contributed by atoms with E-state index in [2.05, 4.69) is 6.58 Å². The summed E-state index contributed by atoms with van der Waals surface area (Å²) < 4.78 is 23.5. The predicted octanol–water partition coefficient (Wildman–Crippen LogP) is 2.52. The Kier molecular flexibility index (Phi) is 10.2. The summed E-state index contributed by atoms with van der Waals surface area (Å²) in [5.74, 6) is -3.62. The number of carbonyl (C=O) groups excluding carboxylic acids is 4. The van der Waals surface area contributed by atoms with Crippen molar-refractivity contribution in [3.8, 4) is 0 Å². The number of Topliss-reactive ketones (excluding diaryl/α,β-unsaturated/α-hetero) is 1. The van der Waals surface area contributed by atoms with Gasteiger partial charge in [0.25, 0.3) is 0 Å². The number of ether oxygens (including phenoxy) is 4. The molecule has 8 atom stereocenters. The Morgan fingerprint density at radius 2 is 1.70 bits per heavy atom. The summed E-state index contributed by atoms with van der Waals surface area (Å²) in [6, 6.07) is 0. The summed E-state index contributed by atoms with van der Waals surface area (Å²) in [6.45, 7) is 14.4. The van der Waals surface area contributed by atoms with Gasteiger partial charge in [-0.1, -0.05) is 33.3 Å². The van der Waals surface area contributed by atoms with Gasteiger partial charge in [0.05, 0.1) is 18.2 Å². The van der Waals surface area contributed by atoms with Gasteiger partial charge < -0.3 is 29.2 Å². The molecular weight excluding hydrogens is 582 g/mol. The third kappa shape index (κ3) is 5.88. The fourth-order valence-corrected chi connectivity index (χ4v) is 8.41. The highest BCUT2D eigenvalue weighted by Gasteiger charge is 2.82. The van der Waals surface area contributed by atoms with Gasteiger partial charge in [-0.05, 0) is 58.0 Å². The van der Waals surface area contributed by atoms with E-state index in [9.17, 15) is 29.4 Å². The molecule has 0 unspecified atom stereocenters. The number of esters is 3. The highest BCUT2D eigenvalue weighted by molar-refractivity contribution is 5.92. The van der Waals surface area contributed by atoms with E-state index in [-0.39, 0.29) is 31.8 Å². The number of nitrogens with zero attached hydrogens (tertiary/aromatic N) is 1. The molecule has 244 valence electrons. The summed E-state index contributed by atoms with van der Waals surface area (Å²) in [5, 5.41) is 24.2. The molecule has 0 bridgehead atoms. The standard InChI is InChI=1S/C31H47NO10.ClH/c1-8-28(5)16-21(35)31(38)29(6)20(34)12-13-27(3,4)25(29)24(26(40-19(2)33)30(31,7)42-28)41-23(37)18-39-22(36)17-32-14-10-9-11-15-32;/h8,20,24-26,34,38H,1,9-18H2,2-7H3;1H/t20-,24-,25-,26-,28-,29-,30+,31-;/m0./s1. The molecule has 0 radical (unpaired) electrons. The Morgan fingerprint density at radius 3 is 2.28 bits per heavy atom. The van der Waals surface area contributed by atoms with Crippen LogP contribution in [0.5, 0.6) is 0 Å². The number of piperidine rings is 1. The first kappa shape index (κ1) is 35.4. The average Bonchev–Trinajstić information content (AvgIpc) is 2.90. The summed E-state index contributed by atoms with van der Waals surface area (Å²) in [7, 11) is 0. The molecule has 0 spiro atoms. The number of fused-ring (bicyclic) bond motifs is 3. The van der Waals surface area contributed by atoms with Gasteiger partial charge >= 0.3 is 17.9 Å². The van der Waals surface area contributed by atoms with Gasteiger partial charge in [-0.15, -0.1) is 19.0 Å². The molecule has 4 aliphatic rings. The van der Waals surface area contributed by atoms with E-state index in [1.807, 2.05) is 18.7 Å². The Bertz CT molecular complexity index is 1120. The van der Waals surface area contributed by atoms with Crippen molar-refractivity contribution in [1.29, 1.82) is 0 Å². The zero-order valence-electron chi connectivity index (χ0n) is 26.2. The minimum Gasteiger partial charge on any atom is -0.455 e. The van der Waals surface area contributed by atoms with Gasteiger partial charge in [0, 0.05) is 24.7 Å². The molecule has 12 heteroatoms. The maximum atomic E-state index is 14.0. The first-order chi connectivity index (χ1) is 19.4. The molecule has 2 aliphatic heterocycles. The predicted molar refractivity (Wildman–Crippen MR) is 157 cm³/mol. The van der Waals surface area contributed by atoms with Gasteiger partial charge in [-0.25, -0.2) is 4.79 Å². The summed E-state index contributed by atoms with van der Waals surface area (Å²) in [5.41, 5.74) is -7.79. The molecule has 2 saturated heterocycles. The lowest BCUT2D eigenvalue weighted by Crippen LogP contribution is -2.87. The van der Waals surface area contributed by atoms with Crippen LogP contribution in [0.4, 0.5) is 0 Å². The molecular formula is C31H48ClNO10. The topological polar surface area (TPSA) is 149 Å². The van der Waals surface area contributed by atoms with E-state index in [4.69, 9.17) is 18.9 Å². The van der Waals surface area contributed by atoms with Gasteiger partial charge in [0.15, 0.2) is 24.1 Å². The van der Waals surface area contributed by atoms with E-state index in [0.29, 0.717) is 6.42 Å². The molecule has 4 fully saturated rings. The second-order valence-electron chi connectivity index (χ2n) is 13.8. The molecule has 4 rings (SSSR count). The smallest absolute Gasteiger partial charge is 0.344 e. The number of ketones is 1. The Hall–Kier alpha value is -2.05. The van der Waals surface area contributed by atoms with Crippen LogP contribution in [-0.2, 0) is 38.1 Å². The number of hydrogen-bond acceptors (Lipinski definition) is 11. The van der Waals surface area contributed by atoms with Crippen molar-refractivity contribution >= 4 is 36.1 Å². The van der Waals surface area contributed by atoms with Crippen molar-refractivity contribution in [2.75, 3.05) is 26.2 Å². The second-order valence-corrected chi connectivity index (χ2v) is 13.8. The average molecular weight is 630 g/mol. The molecule has 43 heavy (non-hydrogen) atoms. The van der Waals surface area contributed by atoms with Crippen molar-refractivity contribution in [2.24, 2.45) is 16.7 Å². The lowest BCUT2D eigenvalue weighted by molar-refractivity contribution is -0.371. The SMILES string of the molecule is C=C[C@@]1(C)CC(=O)[C@]2(O)[C@@]3(C)[C@@H](O)CCC(C)(C)[C@@H]3[C@H](OC(=O)COC(=O)CN3CCCCC3)[C@H](OC(C)=O)[C@@]2(C)O1.Cl. The van der Waals surface area contributed by atoms with Crippen LogP contribution in [0, 0.1) is 16.7 Å². The van der Waals surface area contributed by atoms with Crippen molar-refractivity contribution in [3.63, 3.8) is 0 Å². The number of aliphatic hydroxyl groups is 2. The lowest BCUT2D eigenvalue weighted by atomic mass is 9.39. The van der Waals surface area contributed by atoms with Crippen LogP contribution < -0.4 is 0 Å². The molecule has 2 aliphatic carbocycles. The normalized spacial score (nSPS) is 40.6. The number of rotatable bonds is 7. The molecule has 2 heterocycles. The largest absolute Gasteiger partial charge is 0.455 e. The Labute approximate surface area is 260 Å². The lowest BCUT2D eigenvalue weighted by Gasteiger charge is -2.71. The second kappa shape index (κ2) is 12.4. The van der Waals surface area contributed by atoms with Crippen molar-refractivity contribution in [3.05, 3.63) is 12.7 Å². The molecule has 2 N–H and O–H groups in total. The van der Waals surface area contributed by atoms with Gasteiger partial charge in [-0.2, -0.15) is 0 Å². The Morgan fingerprint density at radius 1 is 1.07 bits per heavy atom. The van der Waals surface area contributed by atoms with Crippen LogP contribution in [0.2, 0.25) is 0 Å². The van der Waals surface area contributed by atoms with Gasteiger partial charge in [0.2, 0.25) is 0 Å². The zero-order chi connectivity index (χ0) is 31.3. The summed E-state index contributed by atoms with van der Waals surface area (Å²) >= 11 is 0. The van der Waals surface area contributed by atoms with E-state index in [1.54, 1.807) is 13.8 Å². The van der Waals surface area contributed by atoms with E-state index in [0.717, 1.165) is 32.4 Å². The molecule has 0 amide bonds. The first-order valence-corrected chi connectivity index (χ1v) is 15.0. The number of hydrogen-bond donors (Lipinski definition) is 2. The fourth-order valence-electron chi connectivity index (χ4n) is 8.41. The van der Waals surface area contributed by atoms with Crippen LogP contribution in [-0.4, -0.2) is 100 Å². The van der Waals surface area contributed by atoms with Gasteiger partial charge in [0.1, 0.15) is 11.7 Å². The molecule has 0 aromatic heterocycles. The maximum absolute atomic E-state index is 14.0. The third-order valence-corrected chi connectivity index (χ3v) is 10.4. The molecule has 0 aromatic rings. The van der Waals surface area contributed by atoms with Gasteiger partial charge in [-0.3, -0.25) is 19.3 Å². The maximum Gasteiger partial charge on any atom is 0.344 e. The third-order valence-electron chi connectivity index (χ3n) is 10.4. The summed E-state index contributed by atoms with van der Waals surface area (Å²) in [6.07, 6.45) is 1.20. The van der Waals surface area contributed by atoms with Crippen LogP contribution in [0.1, 0.15) is 80.1 Å². The number of likely N-dealkylation sites (tertiary alicyclic amines) is 1. The number of carbonyl (C=O) groups is 4. The zero-order valence-corrected chi connectivity index (χ0v) is 27.0. The number of aliphatic hydroxyl groups excluding tert-OH is 1. The minimum atomic E-state index is -2.33. The van der Waals surface area contributed by atoms with E-state index in [1.165, 1.54) is 19.9 Å². The van der Waals surface area contributed by atoms with Crippen molar-refractivity contribution < 1.29 is 48.3 Å².